The lowest BCUT2D eigenvalue weighted by atomic mass is 9.73. The molecule has 0 atom stereocenters. The summed E-state index contributed by atoms with van der Waals surface area (Å²) in [4.78, 5) is 0. The van der Waals surface area contributed by atoms with Gasteiger partial charge in [-0.05, 0) is 36.1 Å². The predicted octanol–water partition coefficient (Wildman–Crippen LogP) is 4.56. The number of methoxy groups -OCH3 is 1. The van der Waals surface area contributed by atoms with Gasteiger partial charge in [0.05, 0.1) is 7.11 Å². The lowest BCUT2D eigenvalue weighted by Crippen LogP contribution is -2.23. The van der Waals surface area contributed by atoms with Gasteiger partial charge in [0.25, 0.3) is 0 Å². The summed E-state index contributed by atoms with van der Waals surface area (Å²) in [5.41, 5.74) is 3.10. The molecule has 0 aromatic heterocycles. The van der Waals surface area contributed by atoms with E-state index < -0.39 is 0 Å². The standard InChI is InChI=1S/C18H20O/c1-19-17-11-9-16(10-12-17)18(13-5-6-14-18)15-7-3-2-4-8-15/h2-4,7-12H,5-6,13-14H2,1H3. The van der Waals surface area contributed by atoms with Crippen LogP contribution in [0.5, 0.6) is 5.75 Å². The third kappa shape index (κ3) is 2.14. The van der Waals surface area contributed by atoms with Crippen molar-refractivity contribution in [2.75, 3.05) is 7.11 Å². The smallest absolute Gasteiger partial charge is 0.118 e. The molecule has 0 amide bonds. The van der Waals surface area contributed by atoms with Crippen molar-refractivity contribution in [3.8, 4) is 5.75 Å². The molecule has 0 bridgehead atoms. The summed E-state index contributed by atoms with van der Waals surface area (Å²) in [7, 11) is 1.72. The number of hydrogen-bond donors (Lipinski definition) is 0. The Morgan fingerprint density at radius 1 is 0.789 bits per heavy atom. The Labute approximate surface area is 115 Å². The van der Waals surface area contributed by atoms with E-state index in [4.69, 9.17) is 4.74 Å². The number of benzene rings is 2. The third-order valence-electron chi connectivity index (χ3n) is 4.43. The third-order valence-corrected chi connectivity index (χ3v) is 4.43. The highest BCUT2D eigenvalue weighted by atomic mass is 16.5. The van der Waals surface area contributed by atoms with E-state index in [1.54, 1.807) is 7.11 Å². The molecule has 2 aromatic rings. The van der Waals surface area contributed by atoms with Gasteiger partial charge >= 0.3 is 0 Å². The average Bonchev–Trinajstić information content (AvgIpc) is 2.99. The predicted molar refractivity (Wildman–Crippen MR) is 78.7 cm³/mol. The Hall–Kier alpha value is -1.76. The molecule has 1 fully saturated rings. The van der Waals surface area contributed by atoms with Crippen LogP contribution in [0.15, 0.2) is 54.6 Å². The Bertz CT molecular complexity index is 521. The maximum absolute atomic E-state index is 5.27. The minimum Gasteiger partial charge on any atom is -0.497 e. The zero-order valence-corrected chi connectivity index (χ0v) is 11.4. The van der Waals surface area contributed by atoms with Crippen molar-refractivity contribution in [1.29, 1.82) is 0 Å². The van der Waals surface area contributed by atoms with Crippen LogP contribution in [0.1, 0.15) is 36.8 Å². The molecule has 0 spiro atoms. The van der Waals surface area contributed by atoms with Gasteiger partial charge in [-0.3, -0.25) is 0 Å². The van der Waals surface area contributed by atoms with Crippen LogP contribution in [0.4, 0.5) is 0 Å². The van der Waals surface area contributed by atoms with Crippen LogP contribution in [-0.4, -0.2) is 7.11 Å². The van der Waals surface area contributed by atoms with Gasteiger partial charge in [0.1, 0.15) is 5.75 Å². The van der Waals surface area contributed by atoms with Crippen molar-refractivity contribution in [1.82, 2.24) is 0 Å². The van der Waals surface area contributed by atoms with Crippen LogP contribution in [-0.2, 0) is 5.41 Å². The molecule has 0 N–H and O–H groups in total. The van der Waals surface area contributed by atoms with E-state index in [1.165, 1.54) is 36.8 Å². The summed E-state index contributed by atoms with van der Waals surface area (Å²) in [6, 6.07) is 19.6. The highest BCUT2D eigenvalue weighted by Gasteiger charge is 2.36. The van der Waals surface area contributed by atoms with Crippen molar-refractivity contribution in [3.05, 3.63) is 65.7 Å². The molecule has 0 saturated heterocycles. The molecule has 98 valence electrons. The molecular weight excluding hydrogens is 232 g/mol. The van der Waals surface area contributed by atoms with Crippen molar-refractivity contribution in [2.45, 2.75) is 31.1 Å². The molecule has 19 heavy (non-hydrogen) atoms. The maximum Gasteiger partial charge on any atom is 0.118 e. The molecule has 1 heteroatoms. The molecular formula is C18H20O. The average molecular weight is 252 g/mol. The first kappa shape index (κ1) is 12.3. The van der Waals surface area contributed by atoms with E-state index in [9.17, 15) is 0 Å². The summed E-state index contributed by atoms with van der Waals surface area (Å²) < 4.78 is 5.27. The minimum atomic E-state index is 0.216. The van der Waals surface area contributed by atoms with Gasteiger partial charge in [-0.15, -0.1) is 0 Å². The van der Waals surface area contributed by atoms with E-state index >= 15 is 0 Å². The van der Waals surface area contributed by atoms with Gasteiger partial charge in [0.15, 0.2) is 0 Å². The largest absolute Gasteiger partial charge is 0.497 e. The lowest BCUT2D eigenvalue weighted by molar-refractivity contribution is 0.414. The summed E-state index contributed by atoms with van der Waals surface area (Å²) in [6.45, 7) is 0. The van der Waals surface area contributed by atoms with Crippen LogP contribution >= 0.6 is 0 Å². The Morgan fingerprint density at radius 3 is 1.95 bits per heavy atom. The second-order valence-corrected chi connectivity index (χ2v) is 5.38. The fraction of sp³-hybridized carbons (Fsp3) is 0.333. The van der Waals surface area contributed by atoms with E-state index in [2.05, 4.69) is 54.6 Å². The second kappa shape index (κ2) is 5.08. The summed E-state index contributed by atoms with van der Waals surface area (Å²) in [5, 5.41) is 0. The van der Waals surface area contributed by atoms with E-state index in [0.717, 1.165) is 5.75 Å². The molecule has 1 aliphatic carbocycles. The Morgan fingerprint density at radius 2 is 1.37 bits per heavy atom. The van der Waals surface area contributed by atoms with Crippen LogP contribution in [0.3, 0.4) is 0 Å². The van der Waals surface area contributed by atoms with Crippen LogP contribution in [0.2, 0.25) is 0 Å². The first-order chi connectivity index (χ1) is 9.35. The van der Waals surface area contributed by atoms with E-state index in [0.29, 0.717) is 0 Å². The molecule has 1 saturated carbocycles. The van der Waals surface area contributed by atoms with Gasteiger partial charge < -0.3 is 4.74 Å². The molecule has 0 unspecified atom stereocenters. The lowest BCUT2D eigenvalue weighted by Gasteiger charge is -2.30. The molecule has 3 rings (SSSR count). The number of ether oxygens (including phenoxy) is 1. The highest BCUT2D eigenvalue weighted by molar-refractivity contribution is 5.42. The fourth-order valence-corrected chi connectivity index (χ4v) is 3.39. The molecule has 1 aliphatic rings. The van der Waals surface area contributed by atoms with Crippen molar-refractivity contribution in [3.63, 3.8) is 0 Å². The van der Waals surface area contributed by atoms with Gasteiger partial charge in [0, 0.05) is 5.41 Å². The molecule has 2 aromatic carbocycles. The van der Waals surface area contributed by atoms with Crippen molar-refractivity contribution >= 4 is 0 Å². The zero-order chi connectivity index (χ0) is 13.1. The minimum absolute atomic E-state index is 0.216. The van der Waals surface area contributed by atoms with E-state index in [-0.39, 0.29) is 5.41 Å². The number of rotatable bonds is 3. The summed E-state index contributed by atoms with van der Waals surface area (Å²) >= 11 is 0. The zero-order valence-electron chi connectivity index (χ0n) is 11.4. The topological polar surface area (TPSA) is 9.23 Å². The maximum atomic E-state index is 5.27. The van der Waals surface area contributed by atoms with Crippen LogP contribution in [0.25, 0.3) is 0 Å². The fourth-order valence-electron chi connectivity index (χ4n) is 3.39. The number of hydrogen-bond acceptors (Lipinski definition) is 1. The molecule has 0 heterocycles. The SMILES string of the molecule is COc1ccc(C2(c3ccccc3)CCCC2)cc1. The summed E-state index contributed by atoms with van der Waals surface area (Å²) in [6.07, 6.45) is 5.15. The monoisotopic (exact) mass is 252 g/mol. The second-order valence-electron chi connectivity index (χ2n) is 5.38. The van der Waals surface area contributed by atoms with E-state index in [1.807, 2.05) is 0 Å². The van der Waals surface area contributed by atoms with Gasteiger partial charge in [-0.1, -0.05) is 55.3 Å². The van der Waals surface area contributed by atoms with Gasteiger partial charge in [-0.25, -0.2) is 0 Å². The van der Waals surface area contributed by atoms with Gasteiger partial charge in [0.2, 0.25) is 0 Å². The van der Waals surface area contributed by atoms with Crippen molar-refractivity contribution in [2.24, 2.45) is 0 Å². The Balaban J connectivity index is 2.05. The molecule has 0 aliphatic heterocycles. The first-order valence-corrected chi connectivity index (χ1v) is 7.05. The normalized spacial score (nSPS) is 17.3. The Kier molecular flexibility index (Phi) is 3.29. The van der Waals surface area contributed by atoms with Crippen molar-refractivity contribution < 1.29 is 4.74 Å². The molecule has 1 nitrogen and oxygen atoms in total. The van der Waals surface area contributed by atoms with Gasteiger partial charge in [-0.2, -0.15) is 0 Å². The summed E-state index contributed by atoms with van der Waals surface area (Å²) in [5.74, 6) is 0.935. The quantitative estimate of drug-likeness (QED) is 0.778. The first-order valence-electron chi connectivity index (χ1n) is 7.05. The van der Waals surface area contributed by atoms with Crippen LogP contribution in [0, 0.1) is 0 Å². The van der Waals surface area contributed by atoms with Crippen LogP contribution < -0.4 is 4.74 Å². The highest BCUT2D eigenvalue weighted by Crippen LogP contribution is 2.46. The molecule has 0 radical (unpaired) electrons.